The summed E-state index contributed by atoms with van der Waals surface area (Å²) in [6, 6.07) is 1.80. The highest BCUT2D eigenvalue weighted by Crippen LogP contribution is 2.21. The molecule has 1 aromatic heterocycles. The number of aryl methyl sites for hydroxylation is 1. The summed E-state index contributed by atoms with van der Waals surface area (Å²) in [6.07, 6.45) is 2.30. The van der Waals surface area contributed by atoms with Crippen molar-refractivity contribution in [1.82, 2.24) is 4.98 Å². The zero-order valence-electron chi connectivity index (χ0n) is 7.45. The molecular formula is C9H11NO2S. The molecule has 0 fully saturated rings. The average Bonchev–Trinajstić information content (AvgIpc) is 2.02. The van der Waals surface area contributed by atoms with E-state index in [1.165, 1.54) is 0 Å². The third-order valence-electron chi connectivity index (χ3n) is 2.41. The highest BCUT2D eigenvalue weighted by atomic mass is 32.2. The van der Waals surface area contributed by atoms with Crippen molar-refractivity contribution in [2.45, 2.75) is 19.1 Å². The SMILES string of the molecule is Cc1nccc2c1CCS(=O)(=O)C2. The van der Waals surface area contributed by atoms with Crippen molar-refractivity contribution < 1.29 is 8.42 Å². The predicted molar refractivity (Wildman–Crippen MR) is 50.2 cm³/mol. The van der Waals surface area contributed by atoms with Crippen molar-refractivity contribution >= 4 is 9.84 Å². The monoisotopic (exact) mass is 197 g/mol. The highest BCUT2D eigenvalue weighted by Gasteiger charge is 2.22. The Labute approximate surface area is 77.7 Å². The summed E-state index contributed by atoms with van der Waals surface area (Å²) in [4.78, 5) is 4.15. The van der Waals surface area contributed by atoms with Crippen LogP contribution in [0.4, 0.5) is 0 Å². The van der Waals surface area contributed by atoms with Gasteiger partial charge in [-0.2, -0.15) is 0 Å². The Hall–Kier alpha value is -0.900. The third-order valence-corrected chi connectivity index (χ3v) is 3.98. The topological polar surface area (TPSA) is 47.0 Å². The Morgan fingerprint density at radius 2 is 2.23 bits per heavy atom. The second-order valence-corrected chi connectivity index (χ2v) is 5.56. The van der Waals surface area contributed by atoms with Gasteiger partial charge < -0.3 is 0 Å². The number of sulfone groups is 1. The van der Waals surface area contributed by atoms with Crippen molar-refractivity contribution in [2.24, 2.45) is 0 Å². The van der Waals surface area contributed by atoms with Crippen LogP contribution in [0.5, 0.6) is 0 Å². The Balaban J connectivity index is 2.54. The number of hydrogen-bond donors (Lipinski definition) is 0. The van der Waals surface area contributed by atoms with Gasteiger partial charge in [-0.25, -0.2) is 8.42 Å². The second kappa shape index (κ2) is 2.80. The lowest BCUT2D eigenvalue weighted by molar-refractivity contribution is 0.591. The molecule has 0 radical (unpaired) electrons. The maximum Gasteiger partial charge on any atom is 0.154 e. The Morgan fingerprint density at radius 3 is 3.00 bits per heavy atom. The van der Waals surface area contributed by atoms with Gasteiger partial charge in [-0.05, 0) is 30.5 Å². The van der Waals surface area contributed by atoms with E-state index < -0.39 is 9.84 Å². The van der Waals surface area contributed by atoms with Crippen LogP contribution in [-0.2, 0) is 22.0 Å². The van der Waals surface area contributed by atoms with E-state index in [-0.39, 0.29) is 11.5 Å². The van der Waals surface area contributed by atoms with Gasteiger partial charge in [-0.3, -0.25) is 4.98 Å². The van der Waals surface area contributed by atoms with Crippen LogP contribution >= 0.6 is 0 Å². The first kappa shape index (κ1) is 8.69. The molecule has 3 nitrogen and oxygen atoms in total. The molecule has 0 atom stereocenters. The number of fused-ring (bicyclic) bond motifs is 1. The summed E-state index contributed by atoms with van der Waals surface area (Å²) in [6.45, 7) is 1.93. The molecule has 0 N–H and O–H groups in total. The molecule has 0 amide bonds. The van der Waals surface area contributed by atoms with Gasteiger partial charge in [0.05, 0.1) is 11.5 Å². The molecule has 0 spiro atoms. The predicted octanol–water partition coefficient (Wildman–Crippen LogP) is 0.861. The van der Waals surface area contributed by atoms with Crippen molar-refractivity contribution in [2.75, 3.05) is 5.75 Å². The van der Waals surface area contributed by atoms with Crippen LogP contribution in [0.15, 0.2) is 12.3 Å². The number of aromatic nitrogens is 1. The van der Waals surface area contributed by atoms with Crippen LogP contribution in [0.3, 0.4) is 0 Å². The molecule has 0 aliphatic carbocycles. The van der Waals surface area contributed by atoms with Gasteiger partial charge in [0, 0.05) is 11.9 Å². The van der Waals surface area contributed by atoms with Gasteiger partial charge in [-0.1, -0.05) is 0 Å². The molecule has 0 aromatic carbocycles. The molecular weight excluding hydrogens is 186 g/mol. The summed E-state index contributed by atoms with van der Waals surface area (Å²) >= 11 is 0. The molecule has 1 aliphatic rings. The summed E-state index contributed by atoms with van der Waals surface area (Å²) in [5.74, 6) is 0.457. The molecule has 70 valence electrons. The first-order valence-corrected chi connectivity index (χ1v) is 6.04. The van der Waals surface area contributed by atoms with Gasteiger partial charge in [0.25, 0.3) is 0 Å². The van der Waals surface area contributed by atoms with Gasteiger partial charge >= 0.3 is 0 Å². The maximum atomic E-state index is 11.3. The fourth-order valence-electron chi connectivity index (χ4n) is 1.69. The lowest BCUT2D eigenvalue weighted by Crippen LogP contribution is -2.20. The van der Waals surface area contributed by atoms with Gasteiger partial charge in [-0.15, -0.1) is 0 Å². The number of hydrogen-bond acceptors (Lipinski definition) is 3. The summed E-state index contributed by atoms with van der Waals surface area (Å²) in [5.41, 5.74) is 3.02. The Bertz CT molecular complexity index is 437. The zero-order chi connectivity index (χ0) is 9.47. The van der Waals surface area contributed by atoms with E-state index in [1.807, 2.05) is 6.92 Å². The fraction of sp³-hybridized carbons (Fsp3) is 0.444. The zero-order valence-corrected chi connectivity index (χ0v) is 8.26. The quantitative estimate of drug-likeness (QED) is 0.619. The van der Waals surface area contributed by atoms with Crippen LogP contribution < -0.4 is 0 Å². The number of pyridine rings is 1. The molecule has 1 aliphatic heterocycles. The van der Waals surface area contributed by atoms with E-state index in [2.05, 4.69) is 4.98 Å². The lowest BCUT2D eigenvalue weighted by Gasteiger charge is -2.17. The smallest absolute Gasteiger partial charge is 0.154 e. The van der Waals surface area contributed by atoms with Gasteiger partial charge in [0.15, 0.2) is 9.84 Å². The number of nitrogens with zero attached hydrogens (tertiary/aromatic N) is 1. The van der Waals surface area contributed by atoms with E-state index in [4.69, 9.17) is 0 Å². The van der Waals surface area contributed by atoms with Crippen molar-refractivity contribution in [1.29, 1.82) is 0 Å². The average molecular weight is 197 g/mol. The summed E-state index contributed by atoms with van der Waals surface area (Å²) < 4.78 is 22.6. The summed E-state index contributed by atoms with van der Waals surface area (Å²) in [7, 11) is -2.84. The molecule has 0 saturated heterocycles. The molecule has 0 bridgehead atoms. The van der Waals surface area contributed by atoms with E-state index in [0.29, 0.717) is 6.42 Å². The van der Waals surface area contributed by atoms with Crippen molar-refractivity contribution in [3.63, 3.8) is 0 Å². The molecule has 13 heavy (non-hydrogen) atoms. The highest BCUT2D eigenvalue weighted by molar-refractivity contribution is 7.90. The van der Waals surface area contributed by atoms with Crippen LogP contribution in [-0.4, -0.2) is 19.2 Å². The van der Waals surface area contributed by atoms with E-state index >= 15 is 0 Å². The minimum atomic E-state index is -2.84. The van der Waals surface area contributed by atoms with Crippen molar-refractivity contribution in [3.05, 3.63) is 29.1 Å². The molecule has 1 aromatic rings. The van der Waals surface area contributed by atoms with E-state index in [9.17, 15) is 8.42 Å². The van der Waals surface area contributed by atoms with E-state index in [0.717, 1.165) is 16.8 Å². The van der Waals surface area contributed by atoms with Crippen LogP contribution in [0.1, 0.15) is 16.8 Å². The van der Waals surface area contributed by atoms with Crippen LogP contribution in [0.25, 0.3) is 0 Å². The maximum absolute atomic E-state index is 11.3. The second-order valence-electron chi connectivity index (χ2n) is 3.38. The van der Waals surface area contributed by atoms with E-state index in [1.54, 1.807) is 12.3 Å². The standard InChI is InChI=1S/C9H11NO2S/c1-7-9-3-5-13(11,12)6-8(9)2-4-10-7/h2,4H,3,5-6H2,1H3. The molecule has 4 heteroatoms. The summed E-state index contributed by atoms with van der Waals surface area (Å²) in [5, 5.41) is 0. The molecule has 0 unspecified atom stereocenters. The molecule has 0 saturated carbocycles. The van der Waals surface area contributed by atoms with Gasteiger partial charge in [0.1, 0.15) is 0 Å². The third kappa shape index (κ3) is 1.58. The minimum absolute atomic E-state index is 0.186. The minimum Gasteiger partial charge on any atom is -0.261 e. The largest absolute Gasteiger partial charge is 0.261 e. The first-order valence-electron chi connectivity index (χ1n) is 4.22. The Kier molecular flexibility index (Phi) is 1.87. The van der Waals surface area contributed by atoms with Crippen LogP contribution in [0.2, 0.25) is 0 Å². The number of rotatable bonds is 0. The van der Waals surface area contributed by atoms with Crippen molar-refractivity contribution in [3.8, 4) is 0 Å². The lowest BCUT2D eigenvalue weighted by atomic mass is 10.1. The molecule has 2 rings (SSSR count). The molecule has 2 heterocycles. The Morgan fingerprint density at radius 1 is 1.46 bits per heavy atom. The van der Waals surface area contributed by atoms with Gasteiger partial charge in [0.2, 0.25) is 0 Å². The fourth-order valence-corrected chi connectivity index (χ4v) is 3.10. The van der Waals surface area contributed by atoms with Crippen LogP contribution in [0, 0.1) is 6.92 Å². The first-order chi connectivity index (χ1) is 6.08. The normalized spacial score (nSPS) is 19.5.